The molecule has 0 amide bonds. The fourth-order valence-electron chi connectivity index (χ4n) is 2.17. The topological polar surface area (TPSA) is 85.7 Å². The Hall–Kier alpha value is -2.03. The van der Waals surface area contributed by atoms with Gasteiger partial charge in [0.1, 0.15) is 21.6 Å². The molecule has 6 nitrogen and oxygen atoms in total. The second-order valence-electron chi connectivity index (χ2n) is 5.27. The number of nitrogens with zero attached hydrogens (tertiary/aromatic N) is 2. The Morgan fingerprint density at radius 2 is 2.19 bits per heavy atom. The lowest BCUT2D eigenvalue weighted by atomic mass is 10.1. The van der Waals surface area contributed by atoms with Crippen LogP contribution in [-0.2, 0) is 4.79 Å². The van der Waals surface area contributed by atoms with E-state index in [1.807, 2.05) is 0 Å². The molecule has 3 rings (SSSR count). The van der Waals surface area contributed by atoms with E-state index in [0.717, 1.165) is 28.3 Å². The molecular formula is C17H13ClN2O4S2. The minimum absolute atomic E-state index is 0.0901. The number of aliphatic imine (C=N–C) groups is 1. The Labute approximate surface area is 162 Å². The van der Waals surface area contributed by atoms with Crippen molar-refractivity contribution in [1.29, 1.82) is 0 Å². The molecule has 1 aliphatic rings. The maximum Gasteiger partial charge on any atom is 0.270 e. The van der Waals surface area contributed by atoms with Crippen molar-refractivity contribution in [2.24, 2.45) is 4.99 Å². The van der Waals surface area contributed by atoms with Gasteiger partial charge in [-0.3, -0.25) is 14.9 Å². The minimum atomic E-state index is -0.511. The molecule has 0 spiro atoms. The summed E-state index contributed by atoms with van der Waals surface area (Å²) in [4.78, 5) is 26.6. The molecule has 2 heterocycles. The van der Waals surface area contributed by atoms with Crippen molar-refractivity contribution in [3.8, 4) is 11.3 Å². The molecule has 0 bridgehead atoms. The van der Waals surface area contributed by atoms with Crippen LogP contribution in [0.3, 0.4) is 0 Å². The largest absolute Gasteiger partial charge is 0.457 e. The minimum Gasteiger partial charge on any atom is -0.457 e. The van der Waals surface area contributed by atoms with Gasteiger partial charge in [-0.1, -0.05) is 30.3 Å². The maximum absolute atomic E-state index is 12.0. The van der Waals surface area contributed by atoms with Crippen molar-refractivity contribution in [2.45, 2.75) is 13.3 Å². The first-order chi connectivity index (χ1) is 12.5. The zero-order valence-electron chi connectivity index (χ0n) is 13.6. The molecule has 0 unspecified atom stereocenters. The number of thioether (sulfide) groups is 2. The van der Waals surface area contributed by atoms with Crippen LogP contribution >= 0.6 is 35.1 Å². The van der Waals surface area contributed by atoms with Gasteiger partial charge in [-0.15, -0.1) is 0 Å². The van der Waals surface area contributed by atoms with E-state index in [0.29, 0.717) is 22.8 Å². The van der Waals surface area contributed by atoms with Gasteiger partial charge in [0.15, 0.2) is 0 Å². The number of carbonyl (C=O) groups is 1. The summed E-state index contributed by atoms with van der Waals surface area (Å²) in [5, 5.41) is 10.9. The van der Waals surface area contributed by atoms with Gasteiger partial charge in [0.25, 0.3) is 5.69 Å². The zero-order valence-corrected chi connectivity index (χ0v) is 16.0. The molecule has 0 aliphatic carbocycles. The van der Waals surface area contributed by atoms with Gasteiger partial charge in [-0.2, -0.15) is 0 Å². The molecular weight excluding hydrogens is 396 g/mol. The summed E-state index contributed by atoms with van der Waals surface area (Å²) in [7, 11) is 0. The Balaban J connectivity index is 1.83. The van der Waals surface area contributed by atoms with Gasteiger partial charge in [-0.05, 0) is 42.1 Å². The SMILES string of the molecule is CCCSC1=N/C(=C/c2ccc(-c3ccc([N+](=O)[O-])cc3Cl)o2)C(=O)S1. The monoisotopic (exact) mass is 408 g/mol. The molecule has 9 heteroatoms. The van der Waals surface area contributed by atoms with Crippen LogP contribution < -0.4 is 0 Å². The van der Waals surface area contributed by atoms with Crippen LogP contribution in [0.2, 0.25) is 5.02 Å². The lowest BCUT2D eigenvalue weighted by Gasteiger charge is -2.00. The third-order valence-corrected chi connectivity index (χ3v) is 5.89. The molecule has 0 N–H and O–H groups in total. The Bertz CT molecular complexity index is 937. The van der Waals surface area contributed by atoms with Crippen molar-refractivity contribution < 1.29 is 14.1 Å². The summed E-state index contributed by atoms with van der Waals surface area (Å²) in [6, 6.07) is 7.56. The number of non-ortho nitro benzene ring substituents is 1. The highest BCUT2D eigenvalue weighted by molar-refractivity contribution is 8.45. The molecule has 1 aromatic carbocycles. The van der Waals surface area contributed by atoms with Crippen LogP contribution in [0, 0.1) is 10.1 Å². The van der Waals surface area contributed by atoms with Crippen molar-refractivity contribution >= 4 is 56.4 Å². The summed E-state index contributed by atoms with van der Waals surface area (Å²) in [5.74, 6) is 1.83. The standard InChI is InChI=1S/C17H13ClN2O4S2/c1-2-7-25-17-19-14(16(21)26-17)9-11-4-6-15(24-11)12-5-3-10(20(22)23)8-13(12)18/h3-6,8-9H,2,7H2,1H3/b14-9+. The van der Waals surface area contributed by atoms with Crippen molar-refractivity contribution in [3.63, 3.8) is 0 Å². The van der Waals surface area contributed by atoms with Gasteiger partial charge in [0.2, 0.25) is 5.12 Å². The lowest BCUT2D eigenvalue weighted by molar-refractivity contribution is -0.384. The molecule has 134 valence electrons. The number of hydrogen-bond acceptors (Lipinski definition) is 7. The molecule has 1 aromatic heterocycles. The van der Waals surface area contributed by atoms with E-state index in [2.05, 4.69) is 11.9 Å². The first-order valence-electron chi connectivity index (χ1n) is 7.67. The second-order valence-corrected chi connectivity index (χ2v) is 7.98. The predicted molar refractivity (Wildman–Crippen MR) is 107 cm³/mol. The predicted octanol–water partition coefficient (Wildman–Crippen LogP) is 5.62. The summed E-state index contributed by atoms with van der Waals surface area (Å²) < 4.78 is 6.45. The number of nitro benzene ring substituents is 1. The van der Waals surface area contributed by atoms with Crippen molar-refractivity contribution in [3.05, 3.63) is 56.9 Å². The summed E-state index contributed by atoms with van der Waals surface area (Å²) in [6.07, 6.45) is 2.59. The molecule has 1 aliphatic heterocycles. The Morgan fingerprint density at radius 1 is 1.38 bits per heavy atom. The number of benzene rings is 1. The fourth-order valence-corrected chi connectivity index (χ4v) is 4.20. The van der Waals surface area contributed by atoms with E-state index in [1.54, 1.807) is 30.0 Å². The van der Waals surface area contributed by atoms with E-state index in [-0.39, 0.29) is 15.8 Å². The third kappa shape index (κ3) is 4.20. The number of furan rings is 1. The molecule has 0 saturated heterocycles. The number of carbonyl (C=O) groups excluding carboxylic acids is 1. The highest BCUT2D eigenvalue weighted by Gasteiger charge is 2.23. The van der Waals surface area contributed by atoms with Crippen LogP contribution in [0.15, 0.2) is 45.4 Å². The molecule has 2 aromatic rings. The molecule has 0 atom stereocenters. The van der Waals surface area contributed by atoms with Gasteiger partial charge in [0.05, 0.1) is 9.95 Å². The Kier molecular flexibility index (Phi) is 5.85. The maximum atomic E-state index is 12.0. The van der Waals surface area contributed by atoms with Crippen LogP contribution in [0.1, 0.15) is 19.1 Å². The molecule has 26 heavy (non-hydrogen) atoms. The average Bonchev–Trinajstić information content (AvgIpc) is 3.20. The van der Waals surface area contributed by atoms with E-state index < -0.39 is 4.92 Å². The highest BCUT2D eigenvalue weighted by atomic mass is 35.5. The number of hydrogen-bond donors (Lipinski definition) is 0. The van der Waals surface area contributed by atoms with Crippen LogP contribution in [0.5, 0.6) is 0 Å². The normalized spacial score (nSPS) is 15.5. The Morgan fingerprint density at radius 3 is 2.88 bits per heavy atom. The zero-order chi connectivity index (χ0) is 18.7. The molecule has 0 fully saturated rings. The number of halogens is 1. The van der Waals surface area contributed by atoms with E-state index in [4.69, 9.17) is 16.0 Å². The van der Waals surface area contributed by atoms with Crippen LogP contribution in [0.25, 0.3) is 17.4 Å². The summed E-state index contributed by atoms with van der Waals surface area (Å²) in [5.41, 5.74) is 0.786. The average molecular weight is 409 g/mol. The lowest BCUT2D eigenvalue weighted by Crippen LogP contribution is -1.88. The quantitative estimate of drug-likeness (QED) is 0.362. The molecule has 0 radical (unpaired) electrons. The van der Waals surface area contributed by atoms with Gasteiger partial charge < -0.3 is 4.42 Å². The van der Waals surface area contributed by atoms with E-state index in [1.165, 1.54) is 18.2 Å². The summed E-state index contributed by atoms with van der Waals surface area (Å²) in [6.45, 7) is 2.07. The van der Waals surface area contributed by atoms with Crippen LogP contribution in [0.4, 0.5) is 5.69 Å². The number of nitro groups is 1. The van der Waals surface area contributed by atoms with E-state index >= 15 is 0 Å². The van der Waals surface area contributed by atoms with Gasteiger partial charge in [-0.25, -0.2) is 4.99 Å². The van der Waals surface area contributed by atoms with E-state index in [9.17, 15) is 14.9 Å². The van der Waals surface area contributed by atoms with Crippen molar-refractivity contribution in [1.82, 2.24) is 0 Å². The third-order valence-electron chi connectivity index (χ3n) is 3.37. The smallest absolute Gasteiger partial charge is 0.270 e. The summed E-state index contributed by atoms with van der Waals surface area (Å²) >= 11 is 8.80. The second kappa shape index (κ2) is 8.11. The first-order valence-corrected chi connectivity index (χ1v) is 9.85. The van der Waals surface area contributed by atoms with Crippen molar-refractivity contribution in [2.75, 3.05) is 5.75 Å². The van der Waals surface area contributed by atoms with Gasteiger partial charge >= 0.3 is 0 Å². The van der Waals surface area contributed by atoms with Gasteiger partial charge in [0, 0.05) is 23.8 Å². The highest BCUT2D eigenvalue weighted by Crippen LogP contribution is 2.34. The van der Waals surface area contributed by atoms with Crippen LogP contribution in [-0.4, -0.2) is 20.2 Å². The molecule has 0 saturated carbocycles. The fraction of sp³-hybridized carbons (Fsp3) is 0.176. The first kappa shape index (κ1) is 18.8. The number of rotatable bonds is 5.